The normalized spacial score (nSPS) is 13.8. The SMILES string of the molecule is CCN(CC)CCCn1nc(N2C(=O)c3ccccc3C2=O)c2ccccc21. The Kier molecular flexibility index (Phi) is 4.96. The van der Waals surface area contributed by atoms with Crippen LogP contribution in [0.4, 0.5) is 5.82 Å². The van der Waals surface area contributed by atoms with E-state index in [2.05, 4.69) is 23.8 Å². The molecule has 0 radical (unpaired) electrons. The lowest BCUT2D eigenvalue weighted by Crippen LogP contribution is -2.30. The summed E-state index contributed by atoms with van der Waals surface area (Å²) in [5.41, 5.74) is 1.81. The van der Waals surface area contributed by atoms with Gasteiger partial charge in [-0.3, -0.25) is 14.3 Å². The number of imide groups is 1. The number of carbonyl (C=O) groups excluding carboxylic acids is 2. The highest BCUT2D eigenvalue weighted by molar-refractivity contribution is 6.35. The minimum absolute atomic E-state index is 0.306. The van der Waals surface area contributed by atoms with E-state index in [1.165, 1.54) is 4.90 Å². The molecule has 1 aromatic heterocycles. The van der Waals surface area contributed by atoms with E-state index >= 15 is 0 Å². The minimum atomic E-state index is -0.306. The number of fused-ring (bicyclic) bond motifs is 2. The maximum absolute atomic E-state index is 12.9. The molecule has 0 atom stereocenters. The molecule has 0 saturated heterocycles. The summed E-state index contributed by atoms with van der Waals surface area (Å²) >= 11 is 0. The maximum atomic E-state index is 12.9. The fourth-order valence-electron chi connectivity index (χ4n) is 3.81. The number of anilines is 1. The number of para-hydroxylation sites is 1. The van der Waals surface area contributed by atoms with Gasteiger partial charge in [0.15, 0.2) is 5.82 Å². The maximum Gasteiger partial charge on any atom is 0.267 e. The Balaban J connectivity index is 1.68. The molecule has 144 valence electrons. The highest BCUT2D eigenvalue weighted by Crippen LogP contribution is 2.32. The number of carbonyl (C=O) groups is 2. The second-order valence-corrected chi connectivity index (χ2v) is 6.94. The first-order valence-electron chi connectivity index (χ1n) is 9.81. The second kappa shape index (κ2) is 7.56. The summed E-state index contributed by atoms with van der Waals surface area (Å²) in [6, 6.07) is 14.7. The summed E-state index contributed by atoms with van der Waals surface area (Å²) in [5.74, 6) is -0.192. The molecule has 0 bridgehead atoms. The highest BCUT2D eigenvalue weighted by Gasteiger charge is 2.38. The van der Waals surface area contributed by atoms with Crippen LogP contribution in [0.25, 0.3) is 10.9 Å². The predicted octanol–water partition coefficient (Wildman–Crippen LogP) is 3.57. The molecule has 0 unspecified atom stereocenters. The van der Waals surface area contributed by atoms with E-state index in [-0.39, 0.29) is 11.8 Å². The second-order valence-electron chi connectivity index (χ2n) is 6.94. The lowest BCUT2D eigenvalue weighted by atomic mass is 10.1. The predicted molar refractivity (Wildman–Crippen MR) is 110 cm³/mol. The summed E-state index contributed by atoms with van der Waals surface area (Å²) in [7, 11) is 0. The van der Waals surface area contributed by atoms with Gasteiger partial charge in [-0.1, -0.05) is 38.1 Å². The molecule has 6 nitrogen and oxygen atoms in total. The van der Waals surface area contributed by atoms with Gasteiger partial charge in [0.05, 0.1) is 16.6 Å². The van der Waals surface area contributed by atoms with Gasteiger partial charge in [0, 0.05) is 11.9 Å². The molecular formula is C22H24N4O2. The van der Waals surface area contributed by atoms with Gasteiger partial charge in [-0.15, -0.1) is 0 Å². The van der Waals surface area contributed by atoms with Crippen LogP contribution in [0, 0.1) is 0 Å². The van der Waals surface area contributed by atoms with Crippen molar-refractivity contribution in [2.24, 2.45) is 0 Å². The van der Waals surface area contributed by atoms with Crippen LogP contribution in [0.15, 0.2) is 48.5 Å². The molecule has 28 heavy (non-hydrogen) atoms. The Morgan fingerprint density at radius 2 is 1.50 bits per heavy atom. The standard InChI is InChI=1S/C22H24N4O2/c1-3-24(4-2)14-9-15-25-19-13-8-7-12-18(19)20(23-25)26-21(27)16-10-5-6-11-17(16)22(26)28/h5-8,10-13H,3-4,9,14-15H2,1-2H3. The van der Waals surface area contributed by atoms with Crippen molar-refractivity contribution in [3.05, 3.63) is 59.7 Å². The van der Waals surface area contributed by atoms with Crippen molar-refractivity contribution in [1.82, 2.24) is 14.7 Å². The third-order valence-corrected chi connectivity index (χ3v) is 5.38. The fourth-order valence-corrected chi connectivity index (χ4v) is 3.81. The van der Waals surface area contributed by atoms with Crippen molar-refractivity contribution in [1.29, 1.82) is 0 Å². The van der Waals surface area contributed by atoms with Gasteiger partial charge in [-0.25, -0.2) is 4.90 Å². The van der Waals surface area contributed by atoms with Crippen LogP contribution in [0.1, 0.15) is 41.0 Å². The van der Waals surface area contributed by atoms with Crippen molar-refractivity contribution >= 4 is 28.5 Å². The summed E-state index contributed by atoms with van der Waals surface area (Å²) in [5, 5.41) is 5.51. The number of rotatable bonds is 7. The van der Waals surface area contributed by atoms with Gasteiger partial charge in [-0.2, -0.15) is 5.10 Å². The molecule has 1 aliphatic heterocycles. The van der Waals surface area contributed by atoms with Crippen LogP contribution in [-0.2, 0) is 6.54 Å². The third kappa shape index (κ3) is 2.99. The Morgan fingerprint density at radius 1 is 0.893 bits per heavy atom. The number of hydrogen-bond acceptors (Lipinski definition) is 4. The molecule has 2 aromatic carbocycles. The smallest absolute Gasteiger partial charge is 0.267 e. The van der Waals surface area contributed by atoms with Gasteiger partial charge < -0.3 is 4.90 Å². The lowest BCUT2D eigenvalue weighted by Gasteiger charge is -2.17. The average molecular weight is 376 g/mol. The largest absolute Gasteiger partial charge is 0.304 e. The van der Waals surface area contributed by atoms with Crippen LogP contribution in [0.2, 0.25) is 0 Å². The lowest BCUT2D eigenvalue weighted by molar-refractivity contribution is 0.0925. The quantitative estimate of drug-likeness (QED) is 0.592. The third-order valence-electron chi connectivity index (χ3n) is 5.38. The van der Waals surface area contributed by atoms with E-state index in [0.717, 1.165) is 43.5 Å². The van der Waals surface area contributed by atoms with Crippen molar-refractivity contribution in [3.63, 3.8) is 0 Å². The number of benzene rings is 2. The number of aromatic nitrogens is 2. The molecule has 0 N–H and O–H groups in total. The van der Waals surface area contributed by atoms with Gasteiger partial charge in [-0.05, 0) is 50.3 Å². The van der Waals surface area contributed by atoms with E-state index in [1.54, 1.807) is 24.3 Å². The fraction of sp³-hybridized carbons (Fsp3) is 0.318. The van der Waals surface area contributed by atoms with Crippen LogP contribution in [-0.4, -0.2) is 46.1 Å². The molecule has 6 heteroatoms. The molecule has 2 amide bonds. The first kappa shape index (κ1) is 18.4. The van der Waals surface area contributed by atoms with E-state index in [4.69, 9.17) is 0 Å². The topological polar surface area (TPSA) is 58.4 Å². The zero-order valence-electron chi connectivity index (χ0n) is 16.3. The van der Waals surface area contributed by atoms with Crippen molar-refractivity contribution < 1.29 is 9.59 Å². The Labute approximate surface area is 164 Å². The summed E-state index contributed by atoms with van der Waals surface area (Å²) in [4.78, 5) is 29.4. The molecule has 2 heterocycles. The molecule has 0 saturated carbocycles. The van der Waals surface area contributed by atoms with Gasteiger partial charge >= 0.3 is 0 Å². The monoisotopic (exact) mass is 376 g/mol. The Bertz CT molecular complexity index is 1000. The first-order chi connectivity index (χ1) is 13.7. The van der Waals surface area contributed by atoms with Gasteiger partial charge in [0.25, 0.3) is 11.8 Å². The molecule has 0 fully saturated rings. The van der Waals surface area contributed by atoms with Crippen LogP contribution < -0.4 is 4.90 Å². The molecule has 3 aromatic rings. The van der Waals surface area contributed by atoms with Crippen molar-refractivity contribution in [2.75, 3.05) is 24.5 Å². The number of hydrogen-bond donors (Lipinski definition) is 0. The average Bonchev–Trinajstić information content (AvgIpc) is 3.21. The van der Waals surface area contributed by atoms with Gasteiger partial charge in [0.2, 0.25) is 0 Å². The molecule has 4 rings (SSSR count). The number of amides is 2. The van der Waals surface area contributed by atoms with Crippen molar-refractivity contribution in [3.8, 4) is 0 Å². The van der Waals surface area contributed by atoms with Crippen molar-refractivity contribution in [2.45, 2.75) is 26.8 Å². The minimum Gasteiger partial charge on any atom is -0.304 e. The zero-order valence-corrected chi connectivity index (χ0v) is 16.3. The van der Waals surface area contributed by atoms with E-state index in [9.17, 15) is 9.59 Å². The highest BCUT2D eigenvalue weighted by atomic mass is 16.2. The van der Waals surface area contributed by atoms with Crippen LogP contribution in [0.5, 0.6) is 0 Å². The molecular weight excluding hydrogens is 352 g/mol. The van der Waals surface area contributed by atoms with Gasteiger partial charge in [0.1, 0.15) is 0 Å². The van der Waals surface area contributed by atoms with Crippen LogP contribution >= 0.6 is 0 Å². The summed E-state index contributed by atoms with van der Waals surface area (Å²) in [6.07, 6.45) is 0.953. The molecule has 0 aliphatic carbocycles. The van der Waals surface area contributed by atoms with E-state index in [1.807, 2.05) is 28.9 Å². The summed E-state index contributed by atoms with van der Waals surface area (Å²) in [6.45, 7) is 8.09. The Morgan fingerprint density at radius 3 is 2.14 bits per heavy atom. The van der Waals surface area contributed by atoms with E-state index < -0.39 is 0 Å². The molecule has 1 aliphatic rings. The number of nitrogens with zero attached hydrogens (tertiary/aromatic N) is 4. The Hall–Kier alpha value is -2.99. The van der Waals surface area contributed by atoms with Crippen LogP contribution in [0.3, 0.4) is 0 Å². The summed E-state index contributed by atoms with van der Waals surface area (Å²) < 4.78 is 1.91. The zero-order chi connectivity index (χ0) is 19.7. The van der Waals surface area contributed by atoms with E-state index in [0.29, 0.717) is 16.9 Å². The number of aryl methyl sites for hydroxylation is 1. The first-order valence-corrected chi connectivity index (χ1v) is 9.81. The molecule has 0 spiro atoms.